The van der Waals surface area contributed by atoms with Crippen molar-refractivity contribution in [2.75, 3.05) is 0 Å². The van der Waals surface area contributed by atoms with Crippen molar-refractivity contribution in [3.05, 3.63) is 21.6 Å². The highest BCUT2D eigenvalue weighted by atomic mass is 16.1. The quantitative estimate of drug-likeness (QED) is 0.770. The van der Waals surface area contributed by atoms with E-state index in [4.69, 9.17) is 0 Å². The Labute approximate surface area is 101 Å². The molecule has 1 aromatic heterocycles. The van der Waals surface area contributed by atoms with Crippen molar-refractivity contribution >= 4 is 0 Å². The Hall–Kier alpha value is -0.990. The fraction of sp³-hybridized carbons (Fsp3) is 0.786. The zero-order chi connectivity index (χ0) is 11.4. The Balaban J connectivity index is 1.91. The third kappa shape index (κ3) is 1.51. The molecule has 0 unspecified atom stereocenters. The fourth-order valence-corrected chi connectivity index (χ4v) is 3.33. The number of fused-ring (bicyclic) bond motifs is 1. The van der Waals surface area contributed by atoms with Gasteiger partial charge in [-0.2, -0.15) is 0 Å². The fourth-order valence-electron chi connectivity index (χ4n) is 3.33. The average Bonchev–Trinajstić information content (AvgIpc) is 3.17. The van der Waals surface area contributed by atoms with Crippen LogP contribution in [0.5, 0.6) is 0 Å². The first-order valence-electron chi connectivity index (χ1n) is 7.19. The summed E-state index contributed by atoms with van der Waals surface area (Å²) in [7, 11) is 0. The molecule has 1 aromatic rings. The molecular formula is C14H20N2O. The molecule has 1 aliphatic heterocycles. The molecule has 0 radical (unpaired) electrons. The van der Waals surface area contributed by atoms with Crippen LogP contribution in [0.4, 0.5) is 0 Å². The van der Waals surface area contributed by atoms with Crippen LogP contribution in [0.15, 0.2) is 4.79 Å². The van der Waals surface area contributed by atoms with E-state index in [9.17, 15) is 4.79 Å². The average molecular weight is 232 g/mol. The SMILES string of the molecule is O=c1c(C2CC2)c(C2CC2)n2n1CCCCC2. The predicted molar refractivity (Wildman–Crippen MR) is 66.5 cm³/mol. The van der Waals surface area contributed by atoms with Crippen molar-refractivity contribution < 1.29 is 0 Å². The van der Waals surface area contributed by atoms with Crippen molar-refractivity contribution in [1.29, 1.82) is 0 Å². The Morgan fingerprint density at radius 3 is 2.12 bits per heavy atom. The topological polar surface area (TPSA) is 26.9 Å². The Bertz CT molecular complexity index is 503. The summed E-state index contributed by atoms with van der Waals surface area (Å²) < 4.78 is 4.43. The molecule has 17 heavy (non-hydrogen) atoms. The van der Waals surface area contributed by atoms with Crippen LogP contribution in [0.3, 0.4) is 0 Å². The maximum absolute atomic E-state index is 12.5. The van der Waals surface area contributed by atoms with Gasteiger partial charge in [0.2, 0.25) is 0 Å². The van der Waals surface area contributed by atoms with E-state index >= 15 is 0 Å². The molecule has 4 rings (SSSR count). The third-order valence-corrected chi connectivity index (χ3v) is 4.50. The molecule has 2 fully saturated rings. The van der Waals surface area contributed by atoms with E-state index in [0.29, 0.717) is 11.5 Å². The van der Waals surface area contributed by atoms with Gasteiger partial charge in [-0.3, -0.25) is 14.2 Å². The first-order chi connectivity index (χ1) is 8.36. The second kappa shape index (κ2) is 3.50. The predicted octanol–water partition coefficient (Wildman–Crippen LogP) is 2.59. The maximum Gasteiger partial charge on any atom is 0.270 e. The summed E-state index contributed by atoms with van der Waals surface area (Å²) in [5.41, 5.74) is 3.02. The number of hydrogen-bond acceptors (Lipinski definition) is 1. The number of aromatic nitrogens is 2. The van der Waals surface area contributed by atoms with Gasteiger partial charge in [-0.1, -0.05) is 0 Å². The van der Waals surface area contributed by atoms with Crippen molar-refractivity contribution in [3.63, 3.8) is 0 Å². The van der Waals surface area contributed by atoms with Gasteiger partial charge >= 0.3 is 0 Å². The third-order valence-electron chi connectivity index (χ3n) is 4.50. The molecule has 0 aromatic carbocycles. The second-order valence-electron chi connectivity index (χ2n) is 5.96. The summed E-state index contributed by atoms with van der Waals surface area (Å²) in [6.07, 6.45) is 8.82. The van der Waals surface area contributed by atoms with Gasteiger partial charge in [0.15, 0.2) is 0 Å². The largest absolute Gasteiger partial charge is 0.286 e. The van der Waals surface area contributed by atoms with Crippen LogP contribution >= 0.6 is 0 Å². The Morgan fingerprint density at radius 1 is 0.824 bits per heavy atom. The van der Waals surface area contributed by atoms with E-state index in [0.717, 1.165) is 19.0 Å². The normalized spacial score (nSPS) is 24.5. The molecule has 3 heteroatoms. The summed E-state index contributed by atoms with van der Waals surface area (Å²) in [5.74, 6) is 1.34. The van der Waals surface area contributed by atoms with Crippen LogP contribution in [0.25, 0.3) is 0 Å². The molecular weight excluding hydrogens is 212 g/mol. The molecule has 0 atom stereocenters. The Morgan fingerprint density at radius 2 is 1.47 bits per heavy atom. The van der Waals surface area contributed by atoms with Gasteiger partial charge in [-0.05, 0) is 50.9 Å². The van der Waals surface area contributed by atoms with Gasteiger partial charge in [-0.15, -0.1) is 0 Å². The summed E-state index contributed by atoms with van der Waals surface area (Å²) in [5, 5.41) is 0. The van der Waals surface area contributed by atoms with E-state index < -0.39 is 0 Å². The number of rotatable bonds is 2. The monoisotopic (exact) mass is 232 g/mol. The van der Waals surface area contributed by atoms with E-state index in [1.165, 1.54) is 56.2 Å². The second-order valence-corrected chi connectivity index (χ2v) is 5.96. The molecule has 2 aliphatic carbocycles. The first kappa shape index (κ1) is 9.98. The highest BCUT2D eigenvalue weighted by molar-refractivity contribution is 5.32. The molecule has 0 bridgehead atoms. The summed E-state index contributed by atoms with van der Waals surface area (Å²) in [4.78, 5) is 12.5. The molecule has 2 saturated carbocycles. The molecule has 0 spiro atoms. The van der Waals surface area contributed by atoms with Crippen LogP contribution in [0.1, 0.15) is 68.0 Å². The molecule has 2 heterocycles. The van der Waals surface area contributed by atoms with Gasteiger partial charge in [0.1, 0.15) is 0 Å². The number of hydrogen-bond donors (Lipinski definition) is 0. The summed E-state index contributed by atoms with van der Waals surface area (Å²) in [6.45, 7) is 2.03. The van der Waals surface area contributed by atoms with E-state index in [1.54, 1.807) is 0 Å². The van der Waals surface area contributed by atoms with Gasteiger partial charge in [0.05, 0.1) is 0 Å². The van der Waals surface area contributed by atoms with Gasteiger partial charge in [-0.25, -0.2) is 0 Å². The van der Waals surface area contributed by atoms with Crippen LogP contribution in [0, 0.1) is 0 Å². The van der Waals surface area contributed by atoms with Gasteiger partial charge in [0, 0.05) is 30.3 Å². The highest BCUT2D eigenvalue weighted by Gasteiger charge is 2.39. The van der Waals surface area contributed by atoms with Crippen LogP contribution in [-0.2, 0) is 13.1 Å². The minimum Gasteiger partial charge on any atom is -0.286 e. The van der Waals surface area contributed by atoms with E-state index in [1.807, 2.05) is 0 Å². The van der Waals surface area contributed by atoms with Crippen molar-refractivity contribution in [2.24, 2.45) is 0 Å². The number of nitrogens with zero attached hydrogens (tertiary/aromatic N) is 2. The highest BCUT2D eigenvalue weighted by Crippen LogP contribution is 2.48. The van der Waals surface area contributed by atoms with Crippen molar-refractivity contribution in [1.82, 2.24) is 9.36 Å². The standard InChI is InChI=1S/C14H20N2O/c17-14-12(10-4-5-10)13(11-6-7-11)15-8-2-1-3-9-16(14)15/h10-11H,1-9H2. The smallest absolute Gasteiger partial charge is 0.270 e. The lowest BCUT2D eigenvalue weighted by Crippen LogP contribution is -2.23. The minimum atomic E-state index is 0.358. The Kier molecular flexibility index (Phi) is 2.06. The zero-order valence-corrected chi connectivity index (χ0v) is 10.3. The lowest BCUT2D eigenvalue weighted by Gasteiger charge is -2.11. The van der Waals surface area contributed by atoms with Crippen LogP contribution in [-0.4, -0.2) is 9.36 Å². The first-order valence-corrected chi connectivity index (χ1v) is 7.19. The lowest BCUT2D eigenvalue weighted by molar-refractivity contribution is 0.461. The lowest BCUT2D eigenvalue weighted by atomic mass is 10.1. The van der Waals surface area contributed by atoms with Crippen molar-refractivity contribution in [3.8, 4) is 0 Å². The van der Waals surface area contributed by atoms with Crippen LogP contribution < -0.4 is 5.56 Å². The van der Waals surface area contributed by atoms with E-state index in [-0.39, 0.29) is 0 Å². The van der Waals surface area contributed by atoms with E-state index in [2.05, 4.69) is 9.36 Å². The molecule has 0 amide bonds. The molecule has 0 saturated heterocycles. The minimum absolute atomic E-state index is 0.358. The van der Waals surface area contributed by atoms with Crippen LogP contribution in [0.2, 0.25) is 0 Å². The van der Waals surface area contributed by atoms with Gasteiger partial charge in [0.25, 0.3) is 5.56 Å². The zero-order valence-electron chi connectivity index (χ0n) is 10.3. The summed E-state index contributed by atoms with van der Waals surface area (Å²) >= 11 is 0. The molecule has 92 valence electrons. The molecule has 3 nitrogen and oxygen atoms in total. The molecule has 0 N–H and O–H groups in total. The summed E-state index contributed by atoms with van der Waals surface area (Å²) in [6, 6.07) is 0. The maximum atomic E-state index is 12.5. The van der Waals surface area contributed by atoms with Gasteiger partial charge < -0.3 is 0 Å². The van der Waals surface area contributed by atoms with Crippen molar-refractivity contribution in [2.45, 2.75) is 69.9 Å². The molecule has 3 aliphatic rings.